The molecule has 44 heavy (non-hydrogen) atoms. The molecule has 2 N–H and O–H groups in total. The molecular formula is C32H30N2O8P2. The molecule has 2 amide bonds. The van der Waals surface area contributed by atoms with Gasteiger partial charge in [0, 0.05) is 17.3 Å². The monoisotopic (exact) mass is 632 g/mol. The summed E-state index contributed by atoms with van der Waals surface area (Å²) in [7, 11) is -8.08. The van der Waals surface area contributed by atoms with Crippen LogP contribution in [0.15, 0.2) is 96.2 Å². The van der Waals surface area contributed by atoms with Crippen molar-refractivity contribution in [1.29, 1.82) is 0 Å². The molecule has 2 unspecified atom stereocenters. The zero-order chi connectivity index (χ0) is 31.3. The van der Waals surface area contributed by atoms with Gasteiger partial charge in [0.2, 0.25) is 12.8 Å². The molecule has 2 atom stereocenters. The van der Waals surface area contributed by atoms with Gasteiger partial charge in [-0.25, -0.2) is 0 Å². The fourth-order valence-electron chi connectivity index (χ4n) is 6.39. The third-order valence-corrected chi connectivity index (χ3v) is 11.2. The zero-order valence-electron chi connectivity index (χ0n) is 23.9. The highest BCUT2D eigenvalue weighted by molar-refractivity contribution is 7.62. The summed E-state index contributed by atoms with van der Waals surface area (Å²) in [5.74, 6) is -0.168. The number of rotatable bonds is 12. The van der Waals surface area contributed by atoms with E-state index < -0.39 is 20.7 Å². The van der Waals surface area contributed by atoms with E-state index in [1.165, 1.54) is 34.1 Å². The molecule has 0 aliphatic heterocycles. The number of amides is 2. The Kier molecular flexibility index (Phi) is 7.70. The molecule has 10 nitrogen and oxygen atoms in total. The van der Waals surface area contributed by atoms with E-state index in [-0.39, 0.29) is 24.4 Å². The maximum absolute atomic E-state index is 13.4. The molecule has 4 aliphatic carbocycles. The molecule has 12 heteroatoms. The summed E-state index contributed by atoms with van der Waals surface area (Å²) < 4.78 is 36.2. The van der Waals surface area contributed by atoms with Crippen LogP contribution in [0.2, 0.25) is 0 Å². The summed E-state index contributed by atoms with van der Waals surface area (Å²) in [5, 5.41) is 0.169. The van der Waals surface area contributed by atoms with Crippen molar-refractivity contribution in [1.82, 2.24) is 0 Å². The molecule has 0 saturated carbocycles. The van der Waals surface area contributed by atoms with Gasteiger partial charge in [0.1, 0.15) is 5.54 Å². The second-order valence-corrected chi connectivity index (χ2v) is 14.0. The quantitative estimate of drug-likeness (QED) is 0.165. The lowest BCUT2D eigenvalue weighted by molar-refractivity contribution is -0.109. The van der Waals surface area contributed by atoms with Crippen molar-refractivity contribution in [2.75, 3.05) is 23.0 Å². The predicted octanol–water partition coefficient (Wildman–Crippen LogP) is 4.85. The van der Waals surface area contributed by atoms with Crippen molar-refractivity contribution in [3.05, 3.63) is 113 Å². The van der Waals surface area contributed by atoms with Gasteiger partial charge in [0.25, 0.3) is 0 Å². The molecule has 3 aromatic rings. The van der Waals surface area contributed by atoms with Crippen LogP contribution in [0.4, 0.5) is 11.4 Å². The molecule has 0 saturated heterocycles. The van der Waals surface area contributed by atoms with Crippen LogP contribution >= 0.6 is 15.2 Å². The standard InChI is InChI=1S/C32H30N2O8P2/c1-3-41-44(40,42-4-2)26-15-11-24(12-16-26)34(21-36)32-19-18-27-28(17-8-22-6-5-7-29(32)30(22)27)31(32)33(20-35)23-9-13-25(14-10-23)43(37,38)39/h5-21,27H,3-4H2,1-2H3,(H2,37,38,39). The van der Waals surface area contributed by atoms with Crippen molar-refractivity contribution in [2.24, 2.45) is 0 Å². The number of benzene rings is 3. The van der Waals surface area contributed by atoms with Crippen LogP contribution in [0.5, 0.6) is 0 Å². The first kappa shape index (κ1) is 30.2. The van der Waals surface area contributed by atoms with Crippen LogP contribution in [0, 0.1) is 0 Å². The molecule has 0 spiro atoms. The van der Waals surface area contributed by atoms with Gasteiger partial charge in [0.15, 0.2) is 0 Å². The Bertz CT molecular complexity index is 1820. The molecule has 0 heterocycles. The van der Waals surface area contributed by atoms with Crippen molar-refractivity contribution in [2.45, 2.75) is 25.3 Å². The van der Waals surface area contributed by atoms with E-state index in [9.17, 15) is 28.5 Å². The van der Waals surface area contributed by atoms with Crippen LogP contribution in [-0.4, -0.2) is 35.8 Å². The van der Waals surface area contributed by atoms with E-state index in [4.69, 9.17) is 9.05 Å². The highest BCUT2D eigenvalue weighted by Gasteiger charge is 2.54. The third kappa shape index (κ3) is 4.58. The van der Waals surface area contributed by atoms with Crippen molar-refractivity contribution in [3.63, 3.8) is 0 Å². The van der Waals surface area contributed by atoms with Gasteiger partial charge >= 0.3 is 15.2 Å². The average Bonchev–Trinajstić information content (AvgIpc) is 3.02. The Balaban J connectivity index is 1.54. The van der Waals surface area contributed by atoms with Crippen LogP contribution in [-0.2, 0) is 33.3 Å². The SMILES string of the molecule is CCOP(=O)(OCC)c1ccc(N(C=O)C23C=CC4C(=C2N(C=O)c2ccc(P(=O)(O)O)cc2)C=Cc2cccc3c24)cc1. The minimum atomic E-state index is -4.51. The van der Waals surface area contributed by atoms with Crippen LogP contribution in [0.1, 0.15) is 36.5 Å². The van der Waals surface area contributed by atoms with Crippen molar-refractivity contribution < 1.29 is 37.6 Å². The Labute approximate surface area is 254 Å². The van der Waals surface area contributed by atoms with Crippen LogP contribution < -0.4 is 20.4 Å². The summed E-state index contributed by atoms with van der Waals surface area (Å²) in [6.45, 7) is 3.84. The van der Waals surface area contributed by atoms with Crippen LogP contribution in [0.3, 0.4) is 0 Å². The van der Waals surface area contributed by atoms with E-state index in [0.29, 0.717) is 35.2 Å². The lowest BCUT2D eigenvalue weighted by Crippen LogP contribution is -2.55. The first-order valence-electron chi connectivity index (χ1n) is 14.0. The van der Waals surface area contributed by atoms with Gasteiger partial charge in [-0.2, -0.15) is 0 Å². The van der Waals surface area contributed by atoms with Crippen molar-refractivity contribution >= 4 is 56.1 Å². The maximum atomic E-state index is 13.4. The van der Waals surface area contributed by atoms with E-state index in [0.717, 1.165) is 22.3 Å². The Morgan fingerprint density at radius 1 is 0.841 bits per heavy atom. The van der Waals surface area contributed by atoms with Gasteiger partial charge in [-0.15, -0.1) is 0 Å². The van der Waals surface area contributed by atoms with E-state index in [1.54, 1.807) is 38.1 Å². The lowest BCUT2D eigenvalue weighted by atomic mass is 9.61. The first-order chi connectivity index (χ1) is 21.1. The molecule has 0 fully saturated rings. The summed E-state index contributed by atoms with van der Waals surface area (Å²) in [6.07, 6.45) is 9.20. The van der Waals surface area contributed by atoms with E-state index in [1.807, 2.05) is 42.5 Å². The predicted molar refractivity (Wildman–Crippen MR) is 168 cm³/mol. The van der Waals surface area contributed by atoms with Gasteiger partial charge in [-0.05, 0) is 84.6 Å². The number of nitrogens with zero attached hydrogens (tertiary/aromatic N) is 2. The minimum absolute atomic E-state index is 0.168. The molecule has 0 aromatic heterocycles. The van der Waals surface area contributed by atoms with Crippen LogP contribution in [0.25, 0.3) is 6.08 Å². The highest BCUT2D eigenvalue weighted by atomic mass is 31.2. The number of carbonyl (C=O) groups is 2. The summed E-state index contributed by atoms with van der Waals surface area (Å²) >= 11 is 0. The van der Waals surface area contributed by atoms with Crippen molar-refractivity contribution in [3.8, 4) is 0 Å². The fraction of sp³-hybridized carbons (Fsp3) is 0.188. The third-order valence-electron chi connectivity index (χ3n) is 8.14. The molecular weight excluding hydrogens is 602 g/mol. The second kappa shape index (κ2) is 11.2. The number of carbonyl (C=O) groups excluding carboxylic acids is 2. The largest absolute Gasteiger partial charge is 0.361 e. The molecule has 226 valence electrons. The molecule has 3 aromatic carbocycles. The molecule has 7 rings (SSSR count). The minimum Gasteiger partial charge on any atom is -0.321 e. The normalized spacial score (nSPS) is 19.7. The Morgan fingerprint density at radius 3 is 2.07 bits per heavy atom. The number of hydrogen-bond acceptors (Lipinski definition) is 6. The number of allylic oxidation sites excluding steroid dienone is 3. The van der Waals surface area contributed by atoms with E-state index in [2.05, 4.69) is 0 Å². The zero-order valence-corrected chi connectivity index (χ0v) is 25.7. The topological polar surface area (TPSA) is 134 Å². The average molecular weight is 633 g/mol. The van der Waals surface area contributed by atoms with Gasteiger partial charge in [-0.3, -0.25) is 28.5 Å². The summed E-state index contributed by atoms with van der Waals surface area (Å²) in [5.41, 5.74) is 3.72. The first-order valence-corrected chi connectivity index (χ1v) is 17.2. The van der Waals surface area contributed by atoms with Gasteiger partial charge < -0.3 is 18.8 Å². The Hall–Kier alpha value is -3.88. The highest BCUT2D eigenvalue weighted by Crippen LogP contribution is 2.58. The number of anilines is 2. The second-order valence-electron chi connectivity index (χ2n) is 10.4. The molecule has 4 bridgehead atoms. The van der Waals surface area contributed by atoms with E-state index >= 15 is 0 Å². The molecule has 0 radical (unpaired) electrons. The molecule has 4 aliphatic rings. The summed E-state index contributed by atoms with van der Waals surface area (Å²) in [4.78, 5) is 48.4. The Morgan fingerprint density at radius 2 is 1.48 bits per heavy atom. The smallest absolute Gasteiger partial charge is 0.321 e. The fourth-order valence-corrected chi connectivity index (χ4v) is 8.50. The van der Waals surface area contributed by atoms with Gasteiger partial charge in [-0.1, -0.05) is 42.5 Å². The summed E-state index contributed by atoms with van der Waals surface area (Å²) in [6, 6.07) is 17.9. The lowest BCUT2D eigenvalue weighted by Gasteiger charge is -2.53. The van der Waals surface area contributed by atoms with Gasteiger partial charge in [0.05, 0.1) is 29.5 Å². The maximum Gasteiger partial charge on any atom is 0.361 e. The number of hydrogen-bond donors (Lipinski definition) is 2.